The summed E-state index contributed by atoms with van der Waals surface area (Å²) in [5, 5.41) is 0.483. The van der Waals surface area contributed by atoms with Crippen LogP contribution in [0.15, 0.2) is 42.5 Å². The Labute approximate surface area is 163 Å². The Hall–Kier alpha value is -1.95. The normalized spacial score (nSPS) is 20.4. The number of carbonyl (C=O) groups is 1. The van der Waals surface area contributed by atoms with E-state index in [0.29, 0.717) is 27.8 Å². The van der Waals surface area contributed by atoms with Gasteiger partial charge in [0.15, 0.2) is 0 Å². The molecule has 2 saturated heterocycles. The lowest BCUT2D eigenvalue weighted by molar-refractivity contribution is -0.0703. The standard InChI is InChI=1S/C21H22ClFN2O2/c22-17-5-6-20(23)19(13-17)15-1-3-16(4-2-15)21(26)25-10-8-24(9-11-25)14-18-7-12-27-18/h1-6,13,18H,7-12,14H2. The predicted octanol–water partition coefficient (Wildman–Crippen LogP) is 3.69. The third-order valence-corrected chi connectivity index (χ3v) is 5.52. The number of rotatable bonds is 4. The number of amides is 1. The summed E-state index contributed by atoms with van der Waals surface area (Å²) in [4.78, 5) is 17.0. The number of benzene rings is 2. The van der Waals surface area contributed by atoms with Crippen molar-refractivity contribution >= 4 is 17.5 Å². The summed E-state index contributed by atoms with van der Waals surface area (Å²) < 4.78 is 19.5. The van der Waals surface area contributed by atoms with Crippen LogP contribution in [-0.2, 0) is 4.74 Å². The van der Waals surface area contributed by atoms with Gasteiger partial charge in [-0.1, -0.05) is 23.7 Å². The van der Waals surface area contributed by atoms with E-state index in [4.69, 9.17) is 16.3 Å². The van der Waals surface area contributed by atoms with Crippen molar-refractivity contribution in [2.75, 3.05) is 39.3 Å². The average Bonchev–Trinajstić information content (AvgIpc) is 2.67. The zero-order valence-corrected chi connectivity index (χ0v) is 15.8. The number of piperazine rings is 1. The molecule has 0 aromatic heterocycles. The van der Waals surface area contributed by atoms with Gasteiger partial charge in [0.05, 0.1) is 6.10 Å². The summed E-state index contributed by atoms with van der Waals surface area (Å²) in [6.07, 6.45) is 1.50. The minimum atomic E-state index is -0.329. The molecule has 6 heteroatoms. The van der Waals surface area contributed by atoms with Gasteiger partial charge in [0.25, 0.3) is 5.91 Å². The molecule has 0 spiro atoms. The van der Waals surface area contributed by atoms with Crippen LogP contribution < -0.4 is 0 Å². The molecule has 0 aliphatic carbocycles. The molecular weight excluding hydrogens is 367 g/mol. The molecule has 27 heavy (non-hydrogen) atoms. The lowest BCUT2D eigenvalue weighted by Gasteiger charge is -2.38. The fourth-order valence-electron chi connectivity index (χ4n) is 3.54. The Kier molecular flexibility index (Phi) is 5.43. The molecule has 142 valence electrons. The van der Waals surface area contributed by atoms with Crippen LogP contribution in [0.3, 0.4) is 0 Å². The van der Waals surface area contributed by atoms with E-state index in [2.05, 4.69) is 4.90 Å². The van der Waals surface area contributed by atoms with Crippen LogP contribution >= 0.6 is 11.6 Å². The molecule has 2 aliphatic rings. The molecule has 0 radical (unpaired) electrons. The fraction of sp³-hybridized carbons (Fsp3) is 0.381. The van der Waals surface area contributed by atoms with Gasteiger partial charge in [-0.05, 0) is 42.3 Å². The van der Waals surface area contributed by atoms with E-state index in [1.54, 1.807) is 30.3 Å². The number of hydrogen-bond acceptors (Lipinski definition) is 3. The maximum atomic E-state index is 14.0. The highest BCUT2D eigenvalue weighted by Gasteiger charge is 2.26. The van der Waals surface area contributed by atoms with E-state index in [0.717, 1.165) is 45.8 Å². The van der Waals surface area contributed by atoms with Gasteiger partial charge in [-0.15, -0.1) is 0 Å². The molecule has 4 nitrogen and oxygen atoms in total. The topological polar surface area (TPSA) is 32.8 Å². The number of hydrogen-bond donors (Lipinski definition) is 0. The summed E-state index contributed by atoms with van der Waals surface area (Å²) >= 11 is 5.97. The second-order valence-electron chi connectivity index (χ2n) is 7.08. The summed E-state index contributed by atoms with van der Waals surface area (Å²) in [5.41, 5.74) is 1.77. The van der Waals surface area contributed by atoms with E-state index in [1.807, 2.05) is 4.90 Å². The molecule has 1 unspecified atom stereocenters. The van der Waals surface area contributed by atoms with Crippen molar-refractivity contribution < 1.29 is 13.9 Å². The van der Waals surface area contributed by atoms with Crippen molar-refractivity contribution in [3.05, 3.63) is 58.9 Å². The van der Waals surface area contributed by atoms with E-state index in [1.165, 1.54) is 12.1 Å². The molecule has 2 aromatic rings. The molecular formula is C21H22ClFN2O2. The molecule has 2 aromatic carbocycles. The van der Waals surface area contributed by atoms with Crippen molar-refractivity contribution in [1.82, 2.24) is 9.80 Å². The van der Waals surface area contributed by atoms with Gasteiger partial charge in [0.1, 0.15) is 5.82 Å². The smallest absolute Gasteiger partial charge is 0.253 e. The third kappa shape index (κ3) is 4.15. The van der Waals surface area contributed by atoms with Crippen LogP contribution in [0.5, 0.6) is 0 Å². The molecule has 0 saturated carbocycles. The number of nitrogens with zero attached hydrogens (tertiary/aromatic N) is 2. The molecule has 2 fully saturated rings. The maximum absolute atomic E-state index is 14.0. The first-order valence-electron chi connectivity index (χ1n) is 9.29. The van der Waals surface area contributed by atoms with Crippen LogP contribution in [0.2, 0.25) is 5.02 Å². The highest BCUT2D eigenvalue weighted by Crippen LogP contribution is 2.26. The van der Waals surface area contributed by atoms with Crippen LogP contribution in [0.25, 0.3) is 11.1 Å². The van der Waals surface area contributed by atoms with Gasteiger partial charge < -0.3 is 9.64 Å². The predicted molar refractivity (Wildman–Crippen MR) is 104 cm³/mol. The van der Waals surface area contributed by atoms with E-state index in [-0.39, 0.29) is 11.7 Å². The summed E-state index contributed by atoms with van der Waals surface area (Å²) in [5.74, 6) is -0.308. The monoisotopic (exact) mass is 388 g/mol. The first-order chi connectivity index (χ1) is 13.1. The largest absolute Gasteiger partial charge is 0.377 e. The highest BCUT2D eigenvalue weighted by molar-refractivity contribution is 6.30. The van der Waals surface area contributed by atoms with Gasteiger partial charge in [-0.25, -0.2) is 4.39 Å². The van der Waals surface area contributed by atoms with Crippen molar-refractivity contribution in [3.8, 4) is 11.1 Å². The maximum Gasteiger partial charge on any atom is 0.253 e. The minimum Gasteiger partial charge on any atom is -0.377 e. The van der Waals surface area contributed by atoms with Crippen molar-refractivity contribution in [3.63, 3.8) is 0 Å². The van der Waals surface area contributed by atoms with Crippen molar-refractivity contribution in [2.45, 2.75) is 12.5 Å². The molecule has 1 atom stereocenters. The lowest BCUT2D eigenvalue weighted by Crippen LogP contribution is -2.51. The van der Waals surface area contributed by atoms with Crippen LogP contribution in [0.4, 0.5) is 4.39 Å². The van der Waals surface area contributed by atoms with E-state index < -0.39 is 0 Å². The van der Waals surface area contributed by atoms with Crippen LogP contribution in [0, 0.1) is 5.82 Å². The highest BCUT2D eigenvalue weighted by atomic mass is 35.5. The lowest BCUT2D eigenvalue weighted by atomic mass is 10.0. The van der Waals surface area contributed by atoms with E-state index >= 15 is 0 Å². The van der Waals surface area contributed by atoms with Gasteiger partial charge in [-0.3, -0.25) is 9.69 Å². The number of halogens is 2. The van der Waals surface area contributed by atoms with Gasteiger partial charge in [0.2, 0.25) is 0 Å². The second kappa shape index (κ2) is 7.97. The van der Waals surface area contributed by atoms with Gasteiger partial charge in [0, 0.05) is 55.5 Å². The first-order valence-corrected chi connectivity index (χ1v) is 9.67. The molecule has 1 amide bonds. The van der Waals surface area contributed by atoms with Crippen LogP contribution in [-0.4, -0.2) is 61.1 Å². The first kappa shape index (κ1) is 18.4. The van der Waals surface area contributed by atoms with E-state index in [9.17, 15) is 9.18 Å². The molecule has 0 N–H and O–H groups in total. The Morgan fingerprint density at radius 1 is 1.11 bits per heavy atom. The Morgan fingerprint density at radius 3 is 2.44 bits per heavy atom. The summed E-state index contributed by atoms with van der Waals surface area (Å²) in [6.45, 7) is 5.02. The zero-order chi connectivity index (χ0) is 18.8. The second-order valence-corrected chi connectivity index (χ2v) is 7.51. The molecule has 2 heterocycles. The average molecular weight is 389 g/mol. The van der Waals surface area contributed by atoms with Crippen molar-refractivity contribution in [2.24, 2.45) is 0 Å². The number of carbonyl (C=O) groups excluding carboxylic acids is 1. The number of ether oxygens (including phenoxy) is 1. The van der Waals surface area contributed by atoms with Gasteiger partial charge in [-0.2, -0.15) is 0 Å². The van der Waals surface area contributed by atoms with Crippen LogP contribution in [0.1, 0.15) is 16.8 Å². The summed E-state index contributed by atoms with van der Waals surface area (Å²) in [7, 11) is 0. The van der Waals surface area contributed by atoms with Gasteiger partial charge >= 0.3 is 0 Å². The minimum absolute atomic E-state index is 0.0210. The Balaban J connectivity index is 1.38. The molecule has 4 rings (SSSR count). The zero-order valence-electron chi connectivity index (χ0n) is 15.0. The SMILES string of the molecule is O=C(c1ccc(-c2cc(Cl)ccc2F)cc1)N1CCN(CC2CCO2)CC1. The molecule has 0 bridgehead atoms. The van der Waals surface area contributed by atoms with Crippen molar-refractivity contribution in [1.29, 1.82) is 0 Å². The Bertz CT molecular complexity index is 815. The Morgan fingerprint density at radius 2 is 1.81 bits per heavy atom. The third-order valence-electron chi connectivity index (χ3n) is 5.29. The summed E-state index contributed by atoms with van der Waals surface area (Å²) in [6, 6.07) is 11.5. The fourth-order valence-corrected chi connectivity index (χ4v) is 3.72. The quantitative estimate of drug-likeness (QED) is 0.800. The molecule has 2 aliphatic heterocycles.